The lowest BCUT2D eigenvalue weighted by Gasteiger charge is -2.43. The quantitative estimate of drug-likeness (QED) is 0.754. The highest BCUT2D eigenvalue weighted by Crippen LogP contribution is 2.48. The van der Waals surface area contributed by atoms with Gasteiger partial charge in [-0.15, -0.1) is 0 Å². The van der Waals surface area contributed by atoms with E-state index in [1.54, 1.807) is 18.2 Å². The minimum atomic E-state index is -0.452. The molecule has 0 radical (unpaired) electrons. The summed E-state index contributed by atoms with van der Waals surface area (Å²) >= 11 is 0. The summed E-state index contributed by atoms with van der Waals surface area (Å²) in [6, 6.07) is 15.9. The van der Waals surface area contributed by atoms with E-state index in [0.717, 1.165) is 5.56 Å². The molecule has 0 aromatic heterocycles. The maximum absolute atomic E-state index is 14.5. The SMILES string of the molecule is CC1(C)CC(=O)C2=C(C1)N(c1ccccc1F)C(=O)CC2c1ccccc1. The first-order valence-electron chi connectivity index (χ1n) is 9.26. The monoisotopic (exact) mass is 363 g/mol. The Kier molecular flexibility index (Phi) is 4.22. The number of benzene rings is 2. The summed E-state index contributed by atoms with van der Waals surface area (Å²) in [5.41, 5.74) is 2.25. The van der Waals surface area contributed by atoms with Crippen molar-refractivity contribution in [2.75, 3.05) is 4.90 Å². The fourth-order valence-corrected chi connectivity index (χ4v) is 4.30. The molecule has 4 rings (SSSR count). The van der Waals surface area contributed by atoms with Crippen LogP contribution in [0.1, 0.15) is 44.6 Å². The van der Waals surface area contributed by atoms with E-state index in [1.807, 2.05) is 44.2 Å². The normalized spacial score (nSPS) is 22.0. The van der Waals surface area contributed by atoms with Gasteiger partial charge < -0.3 is 0 Å². The Morgan fingerprint density at radius 1 is 0.963 bits per heavy atom. The van der Waals surface area contributed by atoms with Crippen molar-refractivity contribution in [2.24, 2.45) is 5.41 Å². The van der Waals surface area contributed by atoms with Crippen molar-refractivity contribution in [1.29, 1.82) is 0 Å². The molecule has 2 aromatic rings. The number of carbonyl (C=O) groups excluding carboxylic acids is 2. The lowest BCUT2D eigenvalue weighted by atomic mass is 9.69. The zero-order valence-corrected chi connectivity index (χ0v) is 15.5. The molecule has 2 aromatic carbocycles. The molecule has 2 aliphatic rings. The van der Waals surface area contributed by atoms with Crippen molar-refractivity contribution in [3.63, 3.8) is 0 Å². The summed E-state index contributed by atoms with van der Waals surface area (Å²) in [5.74, 6) is -0.825. The Hall–Kier alpha value is -2.75. The Bertz CT molecular complexity index is 946. The fraction of sp³-hybridized carbons (Fsp3) is 0.304. The molecule has 1 aliphatic carbocycles. The van der Waals surface area contributed by atoms with Crippen LogP contribution in [0.25, 0.3) is 0 Å². The third kappa shape index (κ3) is 3.09. The van der Waals surface area contributed by atoms with Crippen LogP contribution in [-0.2, 0) is 9.59 Å². The van der Waals surface area contributed by atoms with Crippen molar-refractivity contribution in [3.05, 3.63) is 77.2 Å². The number of carbonyl (C=O) groups is 2. The Labute approximate surface area is 158 Å². The number of halogens is 1. The molecule has 0 saturated heterocycles. The molecule has 0 N–H and O–H groups in total. The molecule has 3 nitrogen and oxygen atoms in total. The maximum Gasteiger partial charge on any atom is 0.232 e. The van der Waals surface area contributed by atoms with Crippen LogP contribution in [0.3, 0.4) is 0 Å². The minimum absolute atomic E-state index is 0.0592. The smallest absolute Gasteiger partial charge is 0.232 e. The molecular formula is C23H22FNO2. The second-order valence-corrected chi connectivity index (χ2v) is 8.15. The number of para-hydroxylation sites is 1. The Morgan fingerprint density at radius 3 is 2.33 bits per heavy atom. The van der Waals surface area contributed by atoms with Crippen LogP contribution in [0.4, 0.5) is 10.1 Å². The number of Topliss-reactive ketones (excluding diaryl/α,β-unsaturated/α-hetero) is 1. The molecular weight excluding hydrogens is 341 g/mol. The van der Waals surface area contributed by atoms with E-state index in [1.165, 1.54) is 11.0 Å². The first kappa shape index (κ1) is 17.7. The lowest BCUT2D eigenvalue weighted by molar-refractivity contribution is -0.121. The molecule has 0 saturated carbocycles. The molecule has 1 aliphatic heterocycles. The standard InChI is InChI=1S/C23H22FNO2/c1-23(2)13-19-22(20(26)14-23)16(15-8-4-3-5-9-15)12-21(27)25(19)18-11-7-6-10-17(18)24/h3-11,16H,12-14H2,1-2H3. The number of allylic oxidation sites excluding steroid dienone is 2. The van der Waals surface area contributed by atoms with Crippen LogP contribution in [0.5, 0.6) is 0 Å². The van der Waals surface area contributed by atoms with Gasteiger partial charge in [-0.1, -0.05) is 56.3 Å². The zero-order valence-electron chi connectivity index (χ0n) is 15.5. The van der Waals surface area contributed by atoms with Crippen molar-refractivity contribution in [3.8, 4) is 0 Å². The summed E-state index contributed by atoms with van der Waals surface area (Å²) in [6.45, 7) is 4.04. The van der Waals surface area contributed by atoms with Crippen LogP contribution in [0.2, 0.25) is 0 Å². The molecule has 138 valence electrons. The van der Waals surface area contributed by atoms with Gasteiger partial charge in [0.2, 0.25) is 5.91 Å². The molecule has 4 heteroatoms. The third-order valence-electron chi connectivity index (χ3n) is 5.44. The van der Waals surface area contributed by atoms with Crippen molar-refractivity contribution >= 4 is 17.4 Å². The third-order valence-corrected chi connectivity index (χ3v) is 5.44. The number of hydrogen-bond acceptors (Lipinski definition) is 2. The summed E-state index contributed by atoms with van der Waals surface area (Å²) in [6.07, 6.45) is 1.18. The van der Waals surface area contributed by atoms with Crippen LogP contribution in [0, 0.1) is 11.2 Å². The van der Waals surface area contributed by atoms with Crippen LogP contribution in [-0.4, -0.2) is 11.7 Å². The van der Waals surface area contributed by atoms with E-state index in [9.17, 15) is 14.0 Å². The van der Waals surface area contributed by atoms with E-state index < -0.39 is 5.82 Å². The lowest BCUT2D eigenvalue weighted by Crippen LogP contribution is -2.44. The summed E-state index contributed by atoms with van der Waals surface area (Å²) in [5, 5.41) is 0. The predicted molar refractivity (Wildman–Crippen MR) is 103 cm³/mol. The van der Waals surface area contributed by atoms with Gasteiger partial charge in [0.15, 0.2) is 5.78 Å². The summed E-state index contributed by atoms with van der Waals surface area (Å²) in [7, 11) is 0. The summed E-state index contributed by atoms with van der Waals surface area (Å²) in [4.78, 5) is 27.7. The number of nitrogens with zero attached hydrogens (tertiary/aromatic N) is 1. The van der Waals surface area contributed by atoms with Gasteiger partial charge in [0, 0.05) is 30.0 Å². The van der Waals surface area contributed by atoms with Crippen LogP contribution in [0.15, 0.2) is 65.9 Å². The van der Waals surface area contributed by atoms with Gasteiger partial charge in [0.25, 0.3) is 0 Å². The van der Waals surface area contributed by atoms with Gasteiger partial charge in [0.1, 0.15) is 5.82 Å². The van der Waals surface area contributed by atoms with E-state index in [-0.39, 0.29) is 35.1 Å². The highest BCUT2D eigenvalue weighted by Gasteiger charge is 2.44. The fourth-order valence-electron chi connectivity index (χ4n) is 4.30. The molecule has 0 fully saturated rings. The topological polar surface area (TPSA) is 37.4 Å². The number of rotatable bonds is 2. The molecule has 1 amide bonds. The first-order chi connectivity index (χ1) is 12.9. The number of hydrogen-bond donors (Lipinski definition) is 0. The van der Waals surface area contributed by atoms with Gasteiger partial charge in [-0.3, -0.25) is 14.5 Å². The second kappa shape index (κ2) is 6.45. The van der Waals surface area contributed by atoms with Crippen molar-refractivity contribution in [1.82, 2.24) is 0 Å². The second-order valence-electron chi connectivity index (χ2n) is 8.15. The summed E-state index contributed by atoms with van der Waals surface area (Å²) < 4.78 is 14.5. The largest absolute Gasteiger partial charge is 0.294 e. The molecule has 1 atom stereocenters. The Balaban J connectivity index is 1.92. The van der Waals surface area contributed by atoms with E-state index in [4.69, 9.17) is 0 Å². The van der Waals surface area contributed by atoms with Crippen molar-refractivity contribution < 1.29 is 14.0 Å². The van der Waals surface area contributed by atoms with Crippen LogP contribution >= 0.6 is 0 Å². The van der Waals surface area contributed by atoms with Gasteiger partial charge in [-0.25, -0.2) is 4.39 Å². The molecule has 0 bridgehead atoms. The minimum Gasteiger partial charge on any atom is -0.294 e. The maximum atomic E-state index is 14.5. The highest BCUT2D eigenvalue weighted by atomic mass is 19.1. The molecule has 1 unspecified atom stereocenters. The predicted octanol–water partition coefficient (Wildman–Crippen LogP) is 4.99. The van der Waals surface area contributed by atoms with E-state index in [2.05, 4.69) is 0 Å². The zero-order chi connectivity index (χ0) is 19.2. The molecule has 1 heterocycles. The molecule has 0 spiro atoms. The first-order valence-corrected chi connectivity index (χ1v) is 9.26. The average molecular weight is 363 g/mol. The van der Waals surface area contributed by atoms with E-state index >= 15 is 0 Å². The number of anilines is 1. The Morgan fingerprint density at radius 2 is 1.63 bits per heavy atom. The molecule has 27 heavy (non-hydrogen) atoms. The van der Waals surface area contributed by atoms with Gasteiger partial charge in [-0.05, 0) is 29.5 Å². The van der Waals surface area contributed by atoms with Gasteiger partial charge >= 0.3 is 0 Å². The van der Waals surface area contributed by atoms with Crippen LogP contribution < -0.4 is 4.90 Å². The number of ketones is 1. The number of amides is 1. The highest BCUT2D eigenvalue weighted by molar-refractivity contribution is 6.07. The van der Waals surface area contributed by atoms with Gasteiger partial charge in [-0.2, -0.15) is 0 Å². The van der Waals surface area contributed by atoms with E-state index in [0.29, 0.717) is 24.1 Å². The van der Waals surface area contributed by atoms with Crippen molar-refractivity contribution in [2.45, 2.75) is 39.0 Å². The average Bonchev–Trinajstić information content (AvgIpc) is 2.62. The van der Waals surface area contributed by atoms with Gasteiger partial charge in [0.05, 0.1) is 5.69 Å².